The van der Waals surface area contributed by atoms with Crippen molar-refractivity contribution in [2.45, 2.75) is 59.3 Å². The Kier molecular flexibility index (Phi) is 4.55. The predicted octanol–water partition coefficient (Wildman–Crippen LogP) is 4.56. The van der Waals surface area contributed by atoms with E-state index in [1.54, 1.807) is 5.57 Å². The third-order valence-corrected chi connectivity index (χ3v) is 3.33. The molecule has 0 aromatic heterocycles. The van der Waals surface area contributed by atoms with Crippen LogP contribution in [0, 0.1) is 11.8 Å². The molecular formula is C13H24. The Hall–Kier alpha value is -0.260. The topological polar surface area (TPSA) is 0 Å². The van der Waals surface area contributed by atoms with E-state index < -0.39 is 0 Å². The van der Waals surface area contributed by atoms with Crippen LogP contribution in [-0.4, -0.2) is 0 Å². The first-order valence-electron chi connectivity index (χ1n) is 5.93. The Balaban J connectivity index is 2.34. The van der Waals surface area contributed by atoms with Gasteiger partial charge in [-0.3, -0.25) is 0 Å². The molecule has 0 aliphatic heterocycles. The van der Waals surface area contributed by atoms with E-state index in [1.807, 2.05) is 0 Å². The van der Waals surface area contributed by atoms with E-state index in [0.717, 1.165) is 11.8 Å². The standard InChI is InChI=1S/C13H24/c1-4-5-6-12(3)13-9-7-11(2)8-10-13/h9,11-12H,4-8,10H2,1-3H3. The lowest BCUT2D eigenvalue weighted by Crippen LogP contribution is -2.07. The van der Waals surface area contributed by atoms with E-state index in [9.17, 15) is 0 Å². The maximum absolute atomic E-state index is 2.51. The SMILES string of the molecule is CCCCC(C)C1=CCC(C)CC1. The summed E-state index contributed by atoms with van der Waals surface area (Å²) in [6.45, 7) is 7.05. The van der Waals surface area contributed by atoms with E-state index >= 15 is 0 Å². The molecule has 0 saturated heterocycles. The van der Waals surface area contributed by atoms with Gasteiger partial charge in [-0.15, -0.1) is 0 Å². The first-order valence-corrected chi connectivity index (χ1v) is 5.93. The number of hydrogen-bond acceptors (Lipinski definition) is 0. The lowest BCUT2D eigenvalue weighted by Gasteiger charge is -2.22. The molecule has 2 unspecified atom stereocenters. The molecule has 0 aromatic carbocycles. The lowest BCUT2D eigenvalue weighted by atomic mass is 9.83. The molecule has 13 heavy (non-hydrogen) atoms. The smallest absolute Gasteiger partial charge is 0.0232 e. The largest absolute Gasteiger partial charge is 0.0848 e. The maximum atomic E-state index is 2.51. The van der Waals surface area contributed by atoms with Crippen molar-refractivity contribution in [3.05, 3.63) is 11.6 Å². The lowest BCUT2D eigenvalue weighted by molar-refractivity contribution is 0.465. The molecule has 76 valence electrons. The monoisotopic (exact) mass is 180 g/mol. The van der Waals surface area contributed by atoms with Gasteiger partial charge in [0.05, 0.1) is 0 Å². The van der Waals surface area contributed by atoms with Crippen LogP contribution in [0.4, 0.5) is 0 Å². The van der Waals surface area contributed by atoms with E-state index in [-0.39, 0.29) is 0 Å². The summed E-state index contributed by atoms with van der Waals surface area (Å²) < 4.78 is 0. The Morgan fingerprint density at radius 2 is 2.31 bits per heavy atom. The highest BCUT2D eigenvalue weighted by atomic mass is 14.2. The minimum absolute atomic E-state index is 0.854. The highest BCUT2D eigenvalue weighted by Crippen LogP contribution is 2.29. The minimum Gasteiger partial charge on any atom is -0.0848 e. The van der Waals surface area contributed by atoms with Crippen LogP contribution in [0.5, 0.6) is 0 Å². The Bertz CT molecular complexity index is 167. The molecule has 0 bridgehead atoms. The van der Waals surface area contributed by atoms with Crippen molar-refractivity contribution in [1.29, 1.82) is 0 Å². The molecule has 0 aromatic rings. The van der Waals surface area contributed by atoms with E-state index in [1.165, 1.54) is 38.5 Å². The van der Waals surface area contributed by atoms with E-state index in [0.29, 0.717) is 0 Å². The molecule has 0 radical (unpaired) electrons. The molecule has 0 heteroatoms. The first-order chi connectivity index (χ1) is 6.24. The molecule has 0 amide bonds. The van der Waals surface area contributed by atoms with Crippen LogP contribution >= 0.6 is 0 Å². The van der Waals surface area contributed by atoms with Gasteiger partial charge in [-0.05, 0) is 37.5 Å². The third kappa shape index (κ3) is 3.54. The normalized spacial score (nSPS) is 25.5. The molecule has 0 heterocycles. The minimum atomic E-state index is 0.854. The van der Waals surface area contributed by atoms with Gasteiger partial charge in [0, 0.05) is 0 Å². The molecule has 1 aliphatic rings. The zero-order chi connectivity index (χ0) is 9.68. The highest BCUT2D eigenvalue weighted by Gasteiger charge is 2.14. The van der Waals surface area contributed by atoms with Crippen molar-refractivity contribution in [3.8, 4) is 0 Å². The fraction of sp³-hybridized carbons (Fsp3) is 0.846. The summed E-state index contributed by atoms with van der Waals surface area (Å²) in [5.74, 6) is 1.79. The van der Waals surface area contributed by atoms with Gasteiger partial charge in [-0.25, -0.2) is 0 Å². The van der Waals surface area contributed by atoms with Crippen LogP contribution < -0.4 is 0 Å². The van der Waals surface area contributed by atoms with Crippen LogP contribution in [0.2, 0.25) is 0 Å². The quantitative estimate of drug-likeness (QED) is 0.556. The molecule has 0 fully saturated rings. The first kappa shape index (κ1) is 10.8. The van der Waals surface area contributed by atoms with Gasteiger partial charge in [-0.1, -0.05) is 45.3 Å². The van der Waals surface area contributed by atoms with Crippen molar-refractivity contribution in [2.24, 2.45) is 11.8 Å². The molecule has 2 atom stereocenters. The number of allylic oxidation sites excluding steroid dienone is 2. The summed E-state index contributed by atoms with van der Waals surface area (Å²) in [5.41, 5.74) is 1.74. The van der Waals surface area contributed by atoms with Crippen molar-refractivity contribution in [2.75, 3.05) is 0 Å². The van der Waals surface area contributed by atoms with Crippen molar-refractivity contribution in [3.63, 3.8) is 0 Å². The van der Waals surface area contributed by atoms with Crippen molar-refractivity contribution in [1.82, 2.24) is 0 Å². The fourth-order valence-electron chi connectivity index (χ4n) is 2.13. The average molecular weight is 180 g/mol. The van der Waals surface area contributed by atoms with Gasteiger partial charge in [-0.2, -0.15) is 0 Å². The van der Waals surface area contributed by atoms with Crippen molar-refractivity contribution < 1.29 is 0 Å². The summed E-state index contributed by atoms with van der Waals surface area (Å²) in [5, 5.41) is 0. The molecule has 1 aliphatic carbocycles. The molecule has 0 nitrogen and oxygen atoms in total. The molecular weight excluding hydrogens is 156 g/mol. The Morgan fingerprint density at radius 3 is 2.85 bits per heavy atom. The average Bonchev–Trinajstić information content (AvgIpc) is 2.15. The van der Waals surface area contributed by atoms with Crippen LogP contribution in [0.1, 0.15) is 59.3 Å². The Morgan fingerprint density at radius 1 is 1.54 bits per heavy atom. The van der Waals surface area contributed by atoms with E-state index in [4.69, 9.17) is 0 Å². The molecule has 1 rings (SSSR count). The van der Waals surface area contributed by atoms with E-state index in [2.05, 4.69) is 26.8 Å². The predicted molar refractivity (Wildman–Crippen MR) is 59.8 cm³/mol. The van der Waals surface area contributed by atoms with Crippen LogP contribution in [0.15, 0.2) is 11.6 Å². The third-order valence-electron chi connectivity index (χ3n) is 3.33. The molecule has 0 saturated carbocycles. The number of rotatable bonds is 4. The summed E-state index contributed by atoms with van der Waals surface area (Å²) in [6.07, 6.45) is 10.8. The van der Waals surface area contributed by atoms with Gasteiger partial charge < -0.3 is 0 Å². The van der Waals surface area contributed by atoms with Crippen molar-refractivity contribution >= 4 is 0 Å². The van der Waals surface area contributed by atoms with Crippen LogP contribution in [-0.2, 0) is 0 Å². The summed E-state index contributed by atoms with van der Waals surface area (Å²) in [4.78, 5) is 0. The second-order valence-electron chi connectivity index (χ2n) is 4.70. The highest BCUT2D eigenvalue weighted by molar-refractivity contribution is 5.09. The van der Waals surface area contributed by atoms with Gasteiger partial charge in [0.15, 0.2) is 0 Å². The zero-order valence-corrected chi connectivity index (χ0v) is 9.47. The van der Waals surface area contributed by atoms with Gasteiger partial charge >= 0.3 is 0 Å². The maximum Gasteiger partial charge on any atom is -0.0232 e. The van der Waals surface area contributed by atoms with Crippen LogP contribution in [0.25, 0.3) is 0 Å². The summed E-state index contributed by atoms with van der Waals surface area (Å²) in [6, 6.07) is 0. The second kappa shape index (κ2) is 5.47. The number of unbranched alkanes of at least 4 members (excludes halogenated alkanes) is 1. The second-order valence-corrected chi connectivity index (χ2v) is 4.70. The fourth-order valence-corrected chi connectivity index (χ4v) is 2.13. The summed E-state index contributed by atoms with van der Waals surface area (Å²) in [7, 11) is 0. The zero-order valence-electron chi connectivity index (χ0n) is 9.47. The van der Waals surface area contributed by atoms with Gasteiger partial charge in [0.1, 0.15) is 0 Å². The molecule has 0 spiro atoms. The molecule has 0 N–H and O–H groups in total. The Labute approximate surface area is 83.4 Å². The van der Waals surface area contributed by atoms with Gasteiger partial charge in [0.25, 0.3) is 0 Å². The van der Waals surface area contributed by atoms with Gasteiger partial charge in [0.2, 0.25) is 0 Å². The van der Waals surface area contributed by atoms with Crippen LogP contribution in [0.3, 0.4) is 0 Å². The number of hydrogen-bond donors (Lipinski definition) is 0. The summed E-state index contributed by atoms with van der Waals surface area (Å²) >= 11 is 0.